The van der Waals surface area contributed by atoms with E-state index in [0.29, 0.717) is 19.8 Å². The fraction of sp³-hybridized carbons (Fsp3) is 0.462. The monoisotopic (exact) mass is 252 g/mol. The van der Waals surface area contributed by atoms with Gasteiger partial charge in [0, 0.05) is 13.7 Å². The molecule has 5 nitrogen and oxygen atoms in total. The molecule has 0 bridgehead atoms. The summed E-state index contributed by atoms with van der Waals surface area (Å²) in [6.45, 7) is 3.70. The van der Waals surface area contributed by atoms with Gasteiger partial charge < -0.3 is 20.1 Å². The van der Waals surface area contributed by atoms with Crippen molar-refractivity contribution in [1.29, 1.82) is 0 Å². The number of urea groups is 1. The molecule has 0 saturated carbocycles. The molecular formula is C13H20N2O3. The maximum Gasteiger partial charge on any atom is 0.316 e. The normalized spacial score (nSPS) is 10.1. The van der Waals surface area contributed by atoms with Crippen LogP contribution >= 0.6 is 0 Å². The highest BCUT2D eigenvalue weighted by atomic mass is 16.5. The Morgan fingerprint density at radius 1 is 1.22 bits per heavy atom. The maximum atomic E-state index is 11.4. The fourth-order valence-corrected chi connectivity index (χ4v) is 1.38. The van der Waals surface area contributed by atoms with Crippen molar-refractivity contribution in [2.45, 2.75) is 13.5 Å². The molecule has 0 fully saturated rings. The highest BCUT2D eigenvalue weighted by Gasteiger charge is 2.01. The number of rotatable bonds is 7. The van der Waals surface area contributed by atoms with E-state index in [1.54, 1.807) is 7.11 Å². The van der Waals surface area contributed by atoms with E-state index in [9.17, 15) is 4.79 Å². The van der Waals surface area contributed by atoms with Crippen LogP contribution in [-0.4, -0.2) is 33.1 Å². The van der Waals surface area contributed by atoms with Gasteiger partial charge in [0.05, 0.1) is 13.2 Å². The topological polar surface area (TPSA) is 59.6 Å². The number of methoxy groups -OCH3 is 1. The number of hydrogen-bond donors (Lipinski definition) is 2. The maximum absolute atomic E-state index is 11.4. The molecule has 5 heteroatoms. The highest BCUT2D eigenvalue weighted by molar-refractivity contribution is 5.73. The molecule has 2 N–H and O–H groups in total. The predicted molar refractivity (Wildman–Crippen MR) is 69.2 cm³/mol. The minimum Gasteiger partial charge on any atom is -0.382 e. The first-order valence-corrected chi connectivity index (χ1v) is 5.87. The van der Waals surface area contributed by atoms with Gasteiger partial charge in [0.25, 0.3) is 0 Å². The molecule has 1 aromatic rings. The van der Waals surface area contributed by atoms with Crippen LogP contribution in [0.25, 0.3) is 0 Å². The highest BCUT2D eigenvalue weighted by Crippen LogP contribution is 2.05. The van der Waals surface area contributed by atoms with E-state index in [4.69, 9.17) is 9.47 Å². The van der Waals surface area contributed by atoms with E-state index in [2.05, 4.69) is 10.6 Å². The molecule has 0 saturated heterocycles. The predicted octanol–water partition coefficient (Wildman–Crippen LogP) is 1.41. The van der Waals surface area contributed by atoms with Gasteiger partial charge in [-0.05, 0) is 18.1 Å². The van der Waals surface area contributed by atoms with Crippen molar-refractivity contribution in [2.75, 3.05) is 27.1 Å². The summed E-state index contributed by atoms with van der Waals surface area (Å²) in [5.74, 6) is 0. The summed E-state index contributed by atoms with van der Waals surface area (Å²) in [4.78, 5) is 11.4. The second-order valence-electron chi connectivity index (χ2n) is 3.83. The first-order chi connectivity index (χ1) is 8.74. The van der Waals surface area contributed by atoms with E-state index in [-0.39, 0.29) is 12.8 Å². The lowest BCUT2D eigenvalue weighted by molar-refractivity contribution is 0.0642. The third kappa shape index (κ3) is 5.65. The molecule has 1 rings (SSSR count). The lowest BCUT2D eigenvalue weighted by Crippen LogP contribution is -2.36. The zero-order valence-electron chi connectivity index (χ0n) is 10.9. The Bertz CT molecular complexity index is 369. The van der Waals surface area contributed by atoms with Gasteiger partial charge in [-0.25, -0.2) is 4.79 Å². The van der Waals surface area contributed by atoms with Gasteiger partial charge in [-0.1, -0.05) is 24.3 Å². The average Bonchev–Trinajstić information content (AvgIpc) is 2.37. The van der Waals surface area contributed by atoms with Crippen LogP contribution in [0.4, 0.5) is 4.79 Å². The second kappa shape index (κ2) is 8.49. The van der Waals surface area contributed by atoms with Crippen molar-refractivity contribution in [3.63, 3.8) is 0 Å². The van der Waals surface area contributed by atoms with Crippen molar-refractivity contribution in [3.8, 4) is 0 Å². The summed E-state index contributed by atoms with van der Waals surface area (Å²) in [7, 11) is 1.60. The Morgan fingerprint density at radius 2 is 2.00 bits per heavy atom. The fourth-order valence-electron chi connectivity index (χ4n) is 1.38. The first kappa shape index (κ1) is 14.5. The minimum absolute atomic E-state index is 0.183. The van der Waals surface area contributed by atoms with Gasteiger partial charge >= 0.3 is 6.03 Å². The van der Waals surface area contributed by atoms with E-state index < -0.39 is 0 Å². The zero-order valence-corrected chi connectivity index (χ0v) is 10.9. The van der Waals surface area contributed by atoms with Crippen molar-refractivity contribution >= 4 is 6.03 Å². The number of carbonyl (C=O) groups excluding carboxylic acids is 1. The average molecular weight is 252 g/mol. The van der Waals surface area contributed by atoms with Gasteiger partial charge in [-0.3, -0.25) is 0 Å². The SMILES string of the molecule is COCCOCNC(=O)NCc1ccccc1C. The number of ether oxygens (including phenoxy) is 2. The van der Waals surface area contributed by atoms with Crippen molar-refractivity contribution in [1.82, 2.24) is 10.6 Å². The van der Waals surface area contributed by atoms with Gasteiger partial charge in [-0.2, -0.15) is 0 Å². The molecule has 0 radical (unpaired) electrons. The van der Waals surface area contributed by atoms with Crippen LogP contribution in [0.5, 0.6) is 0 Å². The van der Waals surface area contributed by atoms with E-state index in [1.165, 1.54) is 0 Å². The number of carbonyl (C=O) groups is 1. The number of nitrogens with one attached hydrogen (secondary N) is 2. The van der Waals surface area contributed by atoms with Gasteiger partial charge in [-0.15, -0.1) is 0 Å². The standard InChI is InChI=1S/C13H20N2O3/c1-11-5-3-4-6-12(11)9-14-13(16)15-10-18-8-7-17-2/h3-6H,7-10H2,1-2H3,(H2,14,15,16). The number of benzene rings is 1. The summed E-state index contributed by atoms with van der Waals surface area (Å²) in [6, 6.07) is 7.70. The van der Waals surface area contributed by atoms with Gasteiger partial charge in [0.1, 0.15) is 6.73 Å². The van der Waals surface area contributed by atoms with Crippen molar-refractivity contribution in [3.05, 3.63) is 35.4 Å². The van der Waals surface area contributed by atoms with E-state index in [0.717, 1.165) is 11.1 Å². The molecule has 1 aromatic carbocycles. The van der Waals surface area contributed by atoms with E-state index >= 15 is 0 Å². The van der Waals surface area contributed by atoms with Gasteiger partial charge in [0.2, 0.25) is 0 Å². The molecule has 0 atom stereocenters. The van der Waals surface area contributed by atoms with Crippen LogP contribution in [0.3, 0.4) is 0 Å². The lowest BCUT2D eigenvalue weighted by atomic mass is 10.1. The smallest absolute Gasteiger partial charge is 0.316 e. The summed E-state index contributed by atoms with van der Waals surface area (Å²) >= 11 is 0. The third-order valence-electron chi connectivity index (χ3n) is 2.47. The van der Waals surface area contributed by atoms with Crippen LogP contribution in [0.1, 0.15) is 11.1 Å². The Balaban J connectivity index is 2.15. The Hall–Kier alpha value is -1.59. The first-order valence-electron chi connectivity index (χ1n) is 5.87. The molecule has 2 amide bonds. The zero-order chi connectivity index (χ0) is 13.2. The van der Waals surface area contributed by atoms with Crippen LogP contribution in [-0.2, 0) is 16.0 Å². The number of aryl methyl sites for hydroxylation is 1. The number of hydrogen-bond acceptors (Lipinski definition) is 3. The molecule has 0 aliphatic carbocycles. The summed E-state index contributed by atoms with van der Waals surface area (Å²) < 4.78 is 9.94. The summed E-state index contributed by atoms with van der Waals surface area (Å²) in [5.41, 5.74) is 2.27. The van der Waals surface area contributed by atoms with Crippen LogP contribution in [0.15, 0.2) is 24.3 Å². The molecule has 18 heavy (non-hydrogen) atoms. The Kier molecular flexibility index (Phi) is 6.83. The summed E-state index contributed by atoms with van der Waals surface area (Å²) in [6.07, 6.45) is 0. The Morgan fingerprint density at radius 3 is 2.72 bits per heavy atom. The van der Waals surface area contributed by atoms with Crippen LogP contribution in [0, 0.1) is 6.92 Å². The second-order valence-corrected chi connectivity index (χ2v) is 3.83. The molecule has 0 spiro atoms. The molecule has 0 aliphatic heterocycles. The lowest BCUT2D eigenvalue weighted by Gasteiger charge is -2.09. The Labute approximate surface area is 107 Å². The molecule has 0 aromatic heterocycles. The minimum atomic E-state index is -0.240. The van der Waals surface area contributed by atoms with Crippen molar-refractivity contribution in [2.24, 2.45) is 0 Å². The van der Waals surface area contributed by atoms with E-state index in [1.807, 2.05) is 31.2 Å². The summed E-state index contributed by atoms with van der Waals surface area (Å²) in [5, 5.41) is 5.37. The van der Waals surface area contributed by atoms with Crippen LogP contribution < -0.4 is 10.6 Å². The largest absolute Gasteiger partial charge is 0.382 e. The molecule has 100 valence electrons. The molecule has 0 heterocycles. The van der Waals surface area contributed by atoms with Crippen LogP contribution in [0.2, 0.25) is 0 Å². The number of amides is 2. The molecule has 0 aliphatic rings. The van der Waals surface area contributed by atoms with Gasteiger partial charge in [0.15, 0.2) is 0 Å². The molecular weight excluding hydrogens is 232 g/mol. The quantitative estimate of drug-likeness (QED) is 0.570. The van der Waals surface area contributed by atoms with Crippen molar-refractivity contribution < 1.29 is 14.3 Å². The third-order valence-corrected chi connectivity index (χ3v) is 2.47. The molecule has 0 unspecified atom stereocenters.